The van der Waals surface area contributed by atoms with Crippen LogP contribution in [0, 0.1) is 0 Å². The van der Waals surface area contributed by atoms with Crippen LogP contribution >= 0.6 is 24.0 Å². The Kier molecular flexibility index (Phi) is 9.90. The maximum absolute atomic E-state index is 6.08. The Labute approximate surface area is 191 Å². The zero-order valence-electron chi connectivity index (χ0n) is 17.3. The quantitative estimate of drug-likeness (QED) is 0.312. The molecule has 0 aromatic heterocycles. The smallest absolute Gasteiger partial charge is 0.193 e. The minimum absolute atomic E-state index is 0. The molecule has 6 heteroatoms. The highest BCUT2D eigenvalue weighted by molar-refractivity contribution is 14.0. The Bertz CT molecular complexity index is 789. The fourth-order valence-electron chi connectivity index (χ4n) is 3.21. The first-order chi connectivity index (χ1) is 13.6. The molecule has 1 saturated heterocycles. The highest BCUT2D eigenvalue weighted by Gasteiger charge is 2.14. The summed E-state index contributed by atoms with van der Waals surface area (Å²) in [5.74, 6) is 0.899. The van der Waals surface area contributed by atoms with Crippen molar-refractivity contribution in [1.29, 1.82) is 0 Å². The van der Waals surface area contributed by atoms with Gasteiger partial charge in [-0.3, -0.25) is 0 Å². The van der Waals surface area contributed by atoms with Gasteiger partial charge in [0, 0.05) is 18.9 Å². The number of hydrogen-bond acceptors (Lipinski definition) is 3. The Morgan fingerprint density at radius 1 is 1.14 bits per heavy atom. The lowest BCUT2D eigenvalue weighted by Gasteiger charge is -2.22. The molecule has 0 aliphatic carbocycles. The van der Waals surface area contributed by atoms with Crippen molar-refractivity contribution in [2.24, 2.45) is 10.7 Å². The van der Waals surface area contributed by atoms with Gasteiger partial charge in [0.2, 0.25) is 0 Å². The zero-order chi connectivity index (χ0) is 19.8. The Hall–Kier alpha value is -1.64. The molecular formula is C23H32IN3O2. The van der Waals surface area contributed by atoms with Gasteiger partial charge in [-0.05, 0) is 47.6 Å². The number of nitrogens with one attached hydrogen (secondary N) is 1. The van der Waals surface area contributed by atoms with E-state index in [4.69, 9.17) is 15.2 Å². The third-order valence-electron chi connectivity index (χ3n) is 4.90. The minimum atomic E-state index is 0. The summed E-state index contributed by atoms with van der Waals surface area (Å²) in [6, 6.07) is 16.6. The maximum Gasteiger partial charge on any atom is 0.193 e. The van der Waals surface area contributed by atoms with Crippen molar-refractivity contribution in [2.75, 3.05) is 18.5 Å². The molecule has 0 spiro atoms. The van der Waals surface area contributed by atoms with Gasteiger partial charge in [-0.25, -0.2) is 4.99 Å². The van der Waals surface area contributed by atoms with Crippen LogP contribution in [0.25, 0.3) is 0 Å². The van der Waals surface area contributed by atoms with Crippen LogP contribution in [0.1, 0.15) is 49.3 Å². The molecule has 0 unspecified atom stereocenters. The predicted octanol–water partition coefficient (Wildman–Crippen LogP) is 5.05. The Morgan fingerprint density at radius 2 is 1.86 bits per heavy atom. The SMILES string of the molecule is CC(C)c1cccc(NC(N)=NCc2cccc(COC3CCOCC3)c2)c1.I. The van der Waals surface area contributed by atoms with Crippen LogP contribution < -0.4 is 11.1 Å². The van der Waals surface area contributed by atoms with Crippen LogP contribution in [0.4, 0.5) is 5.69 Å². The van der Waals surface area contributed by atoms with Crippen LogP contribution in [0.15, 0.2) is 53.5 Å². The largest absolute Gasteiger partial charge is 0.381 e. The molecule has 0 amide bonds. The molecule has 0 saturated carbocycles. The van der Waals surface area contributed by atoms with E-state index < -0.39 is 0 Å². The number of nitrogens with zero attached hydrogens (tertiary/aromatic N) is 1. The van der Waals surface area contributed by atoms with Crippen LogP contribution in [0.5, 0.6) is 0 Å². The number of aliphatic imine (C=N–C) groups is 1. The number of rotatable bonds is 7. The lowest BCUT2D eigenvalue weighted by molar-refractivity contribution is -0.0390. The van der Waals surface area contributed by atoms with Gasteiger partial charge in [0.25, 0.3) is 0 Å². The fraction of sp³-hybridized carbons (Fsp3) is 0.435. The van der Waals surface area contributed by atoms with E-state index in [1.807, 2.05) is 18.2 Å². The summed E-state index contributed by atoms with van der Waals surface area (Å²) in [7, 11) is 0. The molecule has 5 nitrogen and oxygen atoms in total. The molecule has 3 N–H and O–H groups in total. The van der Waals surface area contributed by atoms with Gasteiger partial charge in [-0.1, -0.05) is 50.2 Å². The van der Waals surface area contributed by atoms with Gasteiger partial charge >= 0.3 is 0 Å². The van der Waals surface area contributed by atoms with E-state index in [-0.39, 0.29) is 24.0 Å². The second kappa shape index (κ2) is 12.1. The standard InChI is InChI=1S/C23H31N3O2.HI/c1-17(2)20-7-4-8-21(14-20)26-23(24)25-15-18-5-3-6-19(13-18)16-28-22-9-11-27-12-10-22;/h3-8,13-14,17,22H,9-12,15-16H2,1-2H3,(H3,24,25,26);1H. The number of halogens is 1. The molecule has 29 heavy (non-hydrogen) atoms. The minimum Gasteiger partial charge on any atom is -0.381 e. The van der Waals surface area contributed by atoms with Crippen molar-refractivity contribution in [3.8, 4) is 0 Å². The second-order valence-corrected chi connectivity index (χ2v) is 7.55. The van der Waals surface area contributed by atoms with Crippen molar-refractivity contribution in [3.63, 3.8) is 0 Å². The van der Waals surface area contributed by atoms with Crippen LogP contribution in [0.3, 0.4) is 0 Å². The number of benzene rings is 2. The van der Waals surface area contributed by atoms with Crippen LogP contribution in [-0.2, 0) is 22.6 Å². The Morgan fingerprint density at radius 3 is 2.62 bits per heavy atom. The van der Waals surface area contributed by atoms with E-state index in [9.17, 15) is 0 Å². The van der Waals surface area contributed by atoms with Crippen LogP contribution in [-0.4, -0.2) is 25.3 Å². The van der Waals surface area contributed by atoms with Gasteiger partial charge in [0.1, 0.15) is 0 Å². The fourth-order valence-corrected chi connectivity index (χ4v) is 3.21. The highest BCUT2D eigenvalue weighted by atomic mass is 127. The number of guanidine groups is 1. The van der Waals surface area contributed by atoms with Crippen molar-refractivity contribution < 1.29 is 9.47 Å². The van der Waals surface area contributed by atoms with Gasteiger partial charge in [0.05, 0.1) is 19.3 Å². The average Bonchev–Trinajstić information content (AvgIpc) is 2.72. The lowest BCUT2D eigenvalue weighted by Crippen LogP contribution is -2.23. The monoisotopic (exact) mass is 509 g/mol. The molecular weight excluding hydrogens is 477 g/mol. The molecule has 158 valence electrons. The zero-order valence-corrected chi connectivity index (χ0v) is 19.6. The molecule has 1 fully saturated rings. The summed E-state index contributed by atoms with van der Waals surface area (Å²) in [6.07, 6.45) is 2.26. The van der Waals surface area contributed by atoms with Crippen molar-refractivity contribution in [3.05, 3.63) is 65.2 Å². The third kappa shape index (κ3) is 7.95. The second-order valence-electron chi connectivity index (χ2n) is 7.55. The first-order valence-corrected chi connectivity index (χ1v) is 10.0. The van der Waals surface area contributed by atoms with Crippen molar-refractivity contribution in [2.45, 2.75) is 51.9 Å². The lowest BCUT2D eigenvalue weighted by atomic mass is 10.0. The van der Waals surface area contributed by atoms with Crippen LogP contribution in [0.2, 0.25) is 0 Å². The third-order valence-corrected chi connectivity index (χ3v) is 4.90. The van der Waals surface area contributed by atoms with Crippen molar-refractivity contribution in [1.82, 2.24) is 0 Å². The summed E-state index contributed by atoms with van der Waals surface area (Å²) in [5, 5.41) is 3.18. The average molecular weight is 509 g/mol. The molecule has 1 aliphatic rings. The number of ether oxygens (including phenoxy) is 2. The molecule has 0 atom stereocenters. The van der Waals surface area contributed by atoms with Gasteiger partial charge in [-0.2, -0.15) is 0 Å². The summed E-state index contributed by atoms with van der Waals surface area (Å²) < 4.78 is 11.4. The van der Waals surface area contributed by atoms with E-state index in [0.29, 0.717) is 31.1 Å². The normalized spacial score (nSPS) is 15.2. The van der Waals surface area contributed by atoms with Crippen molar-refractivity contribution >= 4 is 35.6 Å². The maximum atomic E-state index is 6.08. The topological polar surface area (TPSA) is 68.9 Å². The number of hydrogen-bond donors (Lipinski definition) is 2. The van der Waals surface area contributed by atoms with Gasteiger partial charge in [-0.15, -0.1) is 24.0 Å². The summed E-state index contributed by atoms with van der Waals surface area (Å²) in [4.78, 5) is 4.48. The molecule has 2 aromatic rings. The highest BCUT2D eigenvalue weighted by Crippen LogP contribution is 2.18. The molecule has 0 radical (unpaired) electrons. The van der Waals surface area contributed by atoms with E-state index in [2.05, 4.69) is 54.5 Å². The first-order valence-electron chi connectivity index (χ1n) is 10.0. The predicted molar refractivity (Wildman–Crippen MR) is 130 cm³/mol. The van der Waals surface area contributed by atoms with E-state index in [1.165, 1.54) is 5.56 Å². The van der Waals surface area contributed by atoms with Gasteiger partial charge < -0.3 is 20.5 Å². The summed E-state index contributed by atoms with van der Waals surface area (Å²) >= 11 is 0. The van der Waals surface area contributed by atoms with E-state index in [1.54, 1.807) is 0 Å². The molecule has 0 bridgehead atoms. The van der Waals surface area contributed by atoms with E-state index >= 15 is 0 Å². The molecule has 3 rings (SSSR count). The van der Waals surface area contributed by atoms with Gasteiger partial charge in [0.15, 0.2) is 5.96 Å². The molecule has 1 heterocycles. The number of nitrogens with two attached hydrogens (primary N) is 1. The summed E-state index contributed by atoms with van der Waals surface area (Å²) in [6.45, 7) is 7.11. The first kappa shape index (κ1) is 23.6. The summed E-state index contributed by atoms with van der Waals surface area (Å²) in [5.41, 5.74) is 10.6. The molecule has 1 aliphatic heterocycles. The van der Waals surface area contributed by atoms with E-state index in [0.717, 1.165) is 42.9 Å². The molecule has 2 aromatic carbocycles. The number of anilines is 1. The Balaban J connectivity index is 0.00000300.